The summed E-state index contributed by atoms with van der Waals surface area (Å²) in [7, 11) is -3.30. The molecule has 4 rings (SSSR count). The Hall–Kier alpha value is -3.17. The van der Waals surface area contributed by atoms with E-state index in [1.165, 1.54) is 6.33 Å². The summed E-state index contributed by atoms with van der Waals surface area (Å²) in [5.41, 5.74) is 4.23. The SMILES string of the molecule is Cc1ccc(Sc2ccc(NS(C)(=O)=O)cc2)c(Nc2ncnc3nc(C(C)C)ccc23)c1. The molecule has 4 aromatic rings. The van der Waals surface area contributed by atoms with Crippen molar-refractivity contribution in [2.45, 2.75) is 36.5 Å². The zero-order chi connectivity index (χ0) is 23.6. The van der Waals surface area contributed by atoms with E-state index in [9.17, 15) is 8.42 Å². The molecule has 0 saturated heterocycles. The van der Waals surface area contributed by atoms with E-state index in [1.807, 2.05) is 31.2 Å². The minimum absolute atomic E-state index is 0.319. The van der Waals surface area contributed by atoms with Crippen molar-refractivity contribution in [1.29, 1.82) is 0 Å². The number of aromatic nitrogens is 3. The third kappa shape index (κ3) is 5.80. The number of hydrogen-bond donors (Lipinski definition) is 2. The van der Waals surface area contributed by atoms with Gasteiger partial charge in [-0.25, -0.2) is 23.4 Å². The quantitative estimate of drug-likeness (QED) is 0.350. The van der Waals surface area contributed by atoms with Gasteiger partial charge in [0.1, 0.15) is 12.1 Å². The molecule has 2 aromatic heterocycles. The van der Waals surface area contributed by atoms with Gasteiger partial charge in [-0.15, -0.1) is 0 Å². The van der Waals surface area contributed by atoms with Gasteiger partial charge >= 0.3 is 0 Å². The Balaban J connectivity index is 1.63. The number of pyridine rings is 1. The molecular weight excluding hydrogens is 454 g/mol. The van der Waals surface area contributed by atoms with Crippen molar-refractivity contribution in [2.75, 3.05) is 16.3 Å². The van der Waals surface area contributed by atoms with Crippen molar-refractivity contribution < 1.29 is 8.42 Å². The number of benzene rings is 2. The third-order valence-electron chi connectivity index (χ3n) is 4.88. The number of nitrogens with one attached hydrogen (secondary N) is 2. The minimum Gasteiger partial charge on any atom is -0.339 e. The zero-order valence-corrected chi connectivity index (χ0v) is 20.5. The fraction of sp³-hybridized carbons (Fsp3) is 0.208. The smallest absolute Gasteiger partial charge is 0.229 e. The summed E-state index contributed by atoms with van der Waals surface area (Å²) >= 11 is 1.58. The van der Waals surface area contributed by atoms with E-state index < -0.39 is 10.0 Å². The Morgan fingerprint density at radius 1 is 0.970 bits per heavy atom. The van der Waals surface area contributed by atoms with Crippen molar-refractivity contribution in [3.63, 3.8) is 0 Å². The first-order chi connectivity index (χ1) is 15.7. The summed E-state index contributed by atoms with van der Waals surface area (Å²) < 4.78 is 25.3. The van der Waals surface area contributed by atoms with Gasteiger partial charge in [-0.2, -0.15) is 0 Å². The predicted molar refractivity (Wildman–Crippen MR) is 135 cm³/mol. The number of hydrogen-bond acceptors (Lipinski definition) is 7. The van der Waals surface area contributed by atoms with Crippen molar-refractivity contribution in [3.05, 3.63) is 72.2 Å². The Morgan fingerprint density at radius 3 is 2.42 bits per heavy atom. The van der Waals surface area contributed by atoms with Crippen LogP contribution in [0.1, 0.15) is 31.0 Å². The second-order valence-corrected chi connectivity index (χ2v) is 11.0. The maximum Gasteiger partial charge on any atom is 0.229 e. The monoisotopic (exact) mass is 479 g/mol. The minimum atomic E-state index is -3.30. The fourth-order valence-corrected chi connectivity index (χ4v) is 4.71. The van der Waals surface area contributed by atoms with Gasteiger partial charge < -0.3 is 5.32 Å². The van der Waals surface area contributed by atoms with E-state index in [2.05, 4.69) is 57.0 Å². The lowest BCUT2D eigenvalue weighted by atomic mass is 10.1. The summed E-state index contributed by atoms with van der Waals surface area (Å²) in [5.74, 6) is 1.02. The standard InChI is InChI=1S/C24H25N5O2S2/c1-15(2)20-11-10-19-23(27-20)25-14-26-24(19)28-21-13-16(3)5-12-22(21)32-18-8-6-17(7-9-18)29-33(4,30)31/h5-15,29H,1-4H3,(H,25,26,27,28). The molecule has 0 amide bonds. The van der Waals surface area contributed by atoms with Crippen molar-refractivity contribution in [1.82, 2.24) is 15.0 Å². The average molecular weight is 480 g/mol. The number of fused-ring (bicyclic) bond motifs is 1. The second-order valence-electron chi connectivity index (χ2n) is 8.11. The molecule has 0 aliphatic carbocycles. The summed E-state index contributed by atoms with van der Waals surface area (Å²) in [6.07, 6.45) is 2.66. The molecule has 0 atom stereocenters. The molecule has 9 heteroatoms. The molecule has 170 valence electrons. The van der Waals surface area contributed by atoms with Crippen LogP contribution in [0, 0.1) is 6.92 Å². The molecule has 0 unspecified atom stereocenters. The van der Waals surface area contributed by atoms with Crippen LogP contribution in [-0.2, 0) is 10.0 Å². The molecule has 0 aliphatic rings. The molecule has 0 saturated carbocycles. The van der Waals surface area contributed by atoms with Crippen LogP contribution in [0.5, 0.6) is 0 Å². The maximum atomic E-state index is 11.4. The lowest BCUT2D eigenvalue weighted by molar-refractivity contribution is 0.607. The van der Waals surface area contributed by atoms with Crippen LogP contribution in [0.25, 0.3) is 11.0 Å². The molecule has 0 radical (unpaired) electrons. The van der Waals surface area contributed by atoms with Crippen LogP contribution in [0.4, 0.5) is 17.2 Å². The Kier molecular flexibility index (Phi) is 6.53. The number of aryl methyl sites for hydroxylation is 1. The lowest BCUT2D eigenvalue weighted by Gasteiger charge is -2.14. The molecule has 0 fully saturated rings. The highest BCUT2D eigenvalue weighted by Gasteiger charge is 2.12. The van der Waals surface area contributed by atoms with Gasteiger partial charge in [0.15, 0.2) is 5.65 Å². The van der Waals surface area contributed by atoms with Crippen molar-refractivity contribution in [3.8, 4) is 0 Å². The zero-order valence-electron chi connectivity index (χ0n) is 18.8. The molecule has 2 heterocycles. The number of nitrogens with zero attached hydrogens (tertiary/aromatic N) is 3. The van der Waals surface area contributed by atoms with Crippen molar-refractivity contribution >= 4 is 50.0 Å². The largest absolute Gasteiger partial charge is 0.339 e. The van der Waals surface area contributed by atoms with Crippen LogP contribution in [-0.4, -0.2) is 29.6 Å². The summed E-state index contributed by atoms with van der Waals surface area (Å²) in [6.45, 7) is 6.25. The highest BCUT2D eigenvalue weighted by molar-refractivity contribution is 7.99. The lowest BCUT2D eigenvalue weighted by Crippen LogP contribution is -2.09. The Morgan fingerprint density at radius 2 is 1.73 bits per heavy atom. The number of sulfonamides is 1. The van der Waals surface area contributed by atoms with Crippen molar-refractivity contribution in [2.24, 2.45) is 0 Å². The maximum absolute atomic E-state index is 11.4. The van der Waals surface area contributed by atoms with Crippen LogP contribution in [0.15, 0.2) is 70.7 Å². The van der Waals surface area contributed by atoms with Gasteiger partial charge in [-0.05, 0) is 66.9 Å². The number of rotatable bonds is 7. The molecule has 0 spiro atoms. The molecule has 0 bridgehead atoms. The molecule has 2 aromatic carbocycles. The Bertz CT molecular complexity index is 1400. The van der Waals surface area contributed by atoms with E-state index in [0.29, 0.717) is 23.1 Å². The second kappa shape index (κ2) is 9.36. The first-order valence-corrected chi connectivity index (χ1v) is 13.1. The molecule has 33 heavy (non-hydrogen) atoms. The van der Waals surface area contributed by atoms with E-state index >= 15 is 0 Å². The number of anilines is 3. The van der Waals surface area contributed by atoms with Crippen LogP contribution < -0.4 is 10.0 Å². The van der Waals surface area contributed by atoms with Gasteiger partial charge in [-0.3, -0.25) is 4.72 Å². The topological polar surface area (TPSA) is 96.9 Å². The van der Waals surface area contributed by atoms with E-state index in [1.54, 1.807) is 23.9 Å². The molecule has 2 N–H and O–H groups in total. The summed E-state index contributed by atoms with van der Waals surface area (Å²) in [4.78, 5) is 15.5. The summed E-state index contributed by atoms with van der Waals surface area (Å²) in [5, 5.41) is 4.32. The molecular formula is C24H25N5O2S2. The van der Waals surface area contributed by atoms with Crippen LogP contribution in [0.3, 0.4) is 0 Å². The normalized spacial score (nSPS) is 11.7. The molecule has 0 aliphatic heterocycles. The van der Waals surface area contributed by atoms with E-state index in [4.69, 9.17) is 0 Å². The summed E-state index contributed by atoms with van der Waals surface area (Å²) in [6, 6.07) is 17.5. The highest BCUT2D eigenvalue weighted by atomic mass is 32.2. The van der Waals surface area contributed by atoms with Crippen LogP contribution in [0.2, 0.25) is 0 Å². The van der Waals surface area contributed by atoms with Gasteiger partial charge in [-0.1, -0.05) is 31.7 Å². The van der Waals surface area contributed by atoms with Gasteiger partial charge in [0.25, 0.3) is 0 Å². The first-order valence-electron chi connectivity index (χ1n) is 10.4. The van der Waals surface area contributed by atoms with E-state index in [0.717, 1.165) is 38.4 Å². The molecule has 7 nitrogen and oxygen atoms in total. The highest BCUT2D eigenvalue weighted by Crippen LogP contribution is 2.36. The van der Waals surface area contributed by atoms with Gasteiger partial charge in [0, 0.05) is 21.2 Å². The van der Waals surface area contributed by atoms with Gasteiger partial charge in [0.05, 0.1) is 17.3 Å². The fourth-order valence-electron chi connectivity index (χ4n) is 3.27. The Labute approximate surface area is 198 Å². The third-order valence-corrected chi connectivity index (χ3v) is 6.57. The van der Waals surface area contributed by atoms with Gasteiger partial charge in [0.2, 0.25) is 10.0 Å². The van der Waals surface area contributed by atoms with Crippen LogP contribution >= 0.6 is 11.8 Å². The van der Waals surface area contributed by atoms with E-state index in [-0.39, 0.29) is 0 Å². The predicted octanol–water partition coefficient (Wildman–Crippen LogP) is 5.72. The average Bonchev–Trinajstić information content (AvgIpc) is 2.75. The first kappa shape index (κ1) is 23.0.